The van der Waals surface area contributed by atoms with E-state index in [1.165, 1.54) is 13.2 Å². The zero-order chi connectivity index (χ0) is 26.3. The minimum atomic E-state index is -0.847. The van der Waals surface area contributed by atoms with Gasteiger partial charge in [-0.1, -0.05) is 38.1 Å². The van der Waals surface area contributed by atoms with Gasteiger partial charge in [0.1, 0.15) is 23.9 Å². The lowest BCUT2D eigenvalue weighted by molar-refractivity contribution is -0.136. The van der Waals surface area contributed by atoms with E-state index in [0.717, 1.165) is 16.7 Å². The van der Waals surface area contributed by atoms with Crippen molar-refractivity contribution >= 4 is 5.97 Å². The molecule has 3 aromatic carbocycles. The van der Waals surface area contributed by atoms with Crippen LogP contribution < -0.4 is 9.47 Å². The van der Waals surface area contributed by atoms with Crippen molar-refractivity contribution in [3.8, 4) is 22.6 Å². The van der Waals surface area contributed by atoms with Gasteiger partial charge in [0, 0.05) is 24.5 Å². The van der Waals surface area contributed by atoms with Gasteiger partial charge >= 0.3 is 5.97 Å². The number of aliphatic hydroxyl groups is 1. The molecule has 3 rings (SSSR count). The lowest BCUT2D eigenvalue weighted by Crippen LogP contribution is -2.28. The van der Waals surface area contributed by atoms with Crippen molar-refractivity contribution in [1.29, 1.82) is 0 Å². The highest BCUT2D eigenvalue weighted by Crippen LogP contribution is 2.42. The summed E-state index contributed by atoms with van der Waals surface area (Å²) < 4.78 is 32.1. The topological polar surface area (TPSA) is 85.2 Å². The Morgan fingerprint density at radius 1 is 0.972 bits per heavy atom. The molecule has 1 unspecified atom stereocenters. The summed E-state index contributed by atoms with van der Waals surface area (Å²) in [5, 5.41) is 19.0. The summed E-state index contributed by atoms with van der Waals surface area (Å²) in [6, 6.07) is 17.5. The number of rotatable bonds is 12. The first-order chi connectivity index (χ1) is 17.2. The zero-order valence-electron chi connectivity index (χ0n) is 21.1. The molecular formula is C29H33FO6. The Morgan fingerprint density at radius 2 is 1.75 bits per heavy atom. The van der Waals surface area contributed by atoms with E-state index in [0.29, 0.717) is 29.0 Å². The van der Waals surface area contributed by atoms with E-state index in [2.05, 4.69) is 0 Å². The number of aliphatic hydroxyl groups excluding tert-OH is 1. The van der Waals surface area contributed by atoms with Crippen LogP contribution in [0.4, 0.5) is 4.39 Å². The minimum Gasteiger partial charge on any atom is -0.497 e. The Balaban J connectivity index is 1.97. The summed E-state index contributed by atoms with van der Waals surface area (Å²) in [5.41, 5.74) is 2.81. The van der Waals surface area contributed by atoms with E-state index in [1.54, 1.807) is 19.2 Å². The first-order valence-electron chi connectivity index (χ1n) is 11.7. The summed E-state index contributed by atoms with van der Waals surface area (Å²) in [7, 11) is 3.10. The standard InChI is InChI=1S/C29H33FO6/c1-29(2,18-31)28(35-4)25-15-20(8-11-23(25)24-16-21(34-3)10-12-26(24)30)17-36-22-7-5-6-19(14-22)9-13-27(32)33/h5-8,10-12,14-16,28,31H,9,13,17-18H2,1-4H3,(H,32,33). The maximum atomic E-state index is 14.9. The number of methoxy groups -OCH3 is 2. The molecule has 0 amide bonds. The predicted octanol–water partition coefficient (Wildman–Crippen LogP) is 5.80. The molecule has 192 valence electrons. The molecule has 0 aliphatic rings. The van der Waals surface area contributed by atoms with Crippen molar-refractivity contribution in [3.63, 3.8) is 0 Å². The molecule has 1 atom stereocenters. The second-order valence-electron chi connectivity index (χ2n) is 9.36. The van der Waals surface area contributed by atoms with Crippen LogP contribution in [0.15, 0.2) is 60.7 Å². The Hall–Kier alpha value is -3.42. The summed E-state index contributed by atoms with van der Waals surface area (Å²) in [5.74, 6) is -0.0833. The van der Waals surface area contributed by atoms with Gasteiger partial charge < -0.3 is 24.4 Å². The van der Waals surface area contributed by atoms with E-state index in [1.807, 2.05) is 56.3 Å². The average molecular weight is 497 g/mol. The quantitative estimate of drug-likeness (QED) is 0.330. The van der Waals surface area contributed by atoms with Crippen LogP contribution in [-0.2, 0) is 22.6 Å². The number of halogens is 1. The molecule has 0 bridgehead atoms. The van der Waals surface area contributed by atoms with Gasteiger partial charge in [-0.25, -0.2) is 4.39 Å². The van der Waals surface area contributed by atoms with Gasteiger partial charge in [0.25, 0.3) is 0 Å². The number of aryl methyl sites for hydroxylation is 1. The third-order valence-electron chi connectivity index (χ3n) is 6.15. The molecule has 0 spiro atoms. The molecule has 0 aliphatic carbocycles. The molecular weight excluding hydrogens is 463 g/mol. The summed E-state index contributed by atoms with van der Waals surface area (Å²) >= 11 is 0. The van der Waals surface area contributed by atoms with Gasteiger partial charge in [0.2, 0.25) is 0 Å². The second kappa shape index (κ2) is 12.0. The fourth-order valence-corrected chi connectivity index (χ4v) is 4.16. The van der Waals surface area contributed by atoms with Crippen LogP contribution in [0.5, 0.6) is 11.5 Å². The van der Waals surface area contributed by atoms with Crippen LogP contribution >= 0.6 is 0 Å². The van der Waals surface area contributed by atoms with Crippen LogP contribution in [0, 0.1) is 11.2 Å². The first kappa shape index (κ1) is 27.2. The normalized spacial score (nSPS) is 12.3. The first-order valence-corrected chi connectivity index (χ1v) is 11.7. The lowest BCUT2D eigenvalue weighted by atomic mass is 9.80. The zero-order valence-corrected chi connectivity index (χ0v) is 21.1. The SMILES string of the molecule is COc1ccc(F)c(-c2ccc(COc3cccc(CCC(=O)O)c3)cc2C(OC)C(C)(C)CO)c1. The molecule has 0 aromatic heterocycles. The fourth-order valence-electron chi connectivity index (χ4n) is 4.16. The monoisotopic (exact) mass is 496 g/mol. The van der Waals surface area contributed by atoms with E-state index in [4.69, 9.17) is 19.3 Å². The molecule has 6 nitrogen and oxygen atoms in total. The average Bonchev–Trinajstić information content (AvgIpc) is 2.87. The molecule has 2 N–H and O–H groups in total. The summed E-state index contributed by atoms with van der Waals surface area (Å²) in [4.78, 5) is 10.9. The van der Waals surface area contributed by atoms with E-state index in [9.17, 15) is 14.3 Å². The van der Waals surface area contributed by atoms with Crippen molar-refractivity contribution in [2.75, 3.05) is 20.8 Å². The highest BCUT2D eigenvalue weighted by Gasteiger charge is 2.33. The number of benzene rings is 3. The van der Waals surface area contributed by atoms with Gasteiger partial charge in [-0.15, -0.1) is 0 Å². The van der Waals surface area contributed by atoms with Crippen molar-refractivity contribution in [1.82, 2.24) is 0 Å². The third kappa shape index (κ3) is 6.62. The molecule has 0 heterocycles. The van der Waals surface area contributed by atoms with Gasteiger partial charge in [0.05, 0.1) is 19.8 Å². The number of carbonyl (C=O) groups is 1. The van der Waals surface area contributed by atoms with E-state index >= 15 is 0 Å². The van der Waals surface area contributed by atoms with Crippen LogP contribution in [-0.4, -0.2) is 37.0 Å². The number of hydrogen-bond donors (Lipinski definition) is 2. The minimum absolute atomic E-state index is 0.0498. The van der Waals surface area contributed by atoms with Gasteiger partial charge in [-0.05, 0) is 65.1 Å². The smallest absolute Gasteiger partial charge is 0.303 e. The van der Waals surface area contributed by atoms with Gasteiger partial charge in [-0.2, -0.15) is 0 Å². The number of ether oxygens (including phenoxy) is 3. The summed E-state index contributed by atoms with van der Waals surface area (Å²) in [6.07, 6.45) is -0.0559. The van der Waals surface area contributed by atoms with Crippen LogP contribution in [0.25, 0.3) is 11.1 Å². The molecule has 0 saturated carbocycles. The highest BCUT2D eigenvalue weighted by atomic mass is 19.1. The Bertz CT molecular complexity index is 1190. The maximum Gasteiger partial charge on any atom is 0.303 e. The van der Waals surface area contributed by atoms with Crippen LogP contribution in [0.1, 0.15) is 43.1 Å². The second-order valence-corrected chi connectivity index (χ2v) is 9.36. The predicted molar refractivity (Wildman–Crippen MR) is 136 cm³/mol. The Labute approximate surface area is 211 Å². The van der Waals surface area contributed by atoms with Crippen molar-refractivity contribution in [2.45, 2.75) is 39.4 Å². The molecule has 0 aliphatic heterocycles. The molecule has 0 saturated heterocycles. The van der Waals surface area contributed by atoms with E-state index in [-0.39, 0.29) is 19.6 Å². The molecule has 0 fully saturated rings. The third-order valence-corrected chi connectivity index (χ3v) is 6.15. The Morgan fingerprint density at radius 3 is 2.42 bits per heavy atom. The molecule has 7 heteroatoms. The van der Waals surface area contributed by atoms with Crippen LogP contribution in [0.3, 0.4) is 0 Å². The highest BCUT2D eigenvalue weighted by molar-refractivity contribution is 5.70. The molecule has 3 aromatic rings. The number of aliphatic carboxylic acids is 1. The lowest BCUT2D eigenvalue weighted by Gasteiger charge is -2.33. The maximum absolute atomic E-state index is 14.9. The molecule has 0 radical (unpaired) electrons. The van der Waals surface area contributed by atoms with Crippen LogP contribution in [0.2, 0.25) is 0 Å². The largest absolute Gasteiger partial charge is 0.497 e. The fraction of sp³-hybridized carbons (Fsp3) is 0.345. The number of carboxylic acids is 1. The van der Waals surface area contributed by atoms with Crippen molar-refractivity contribution in [2.24, 2.45) is 5.41 Å². The Kier molecular flexibility index (Phi) is 9.07. The van der Waals surface area contributed by atoms with Gasteiger partial charge in [0.15, 0.2) is 0 Å². The summed E-state index contributed by atoms with van der Waals surface area (Å²) in [6.45, 7) is 3.89. The molecule has 36 heavy (non-hydrogen) atoms. The van der Waals surface area contributed by atoms with Crippen molar-refractivity contribution < 1.29 is 33.6 Å². The van der Waals surface area contributed by atoms with Crippen molar-refractivity contribution in [3.05, 3.63) is 83.2 Å². The number of carboxylic acid groups (broad SMARTS) is 1. The van der Waals surface area contributed by atoms with Gasteiger partial charge in [-0.3, -0.25) is 4.79 Å². The van der Waals surface area contributed by atoms with E-state index < -0.39 is 23.3 Å². The number of hydrogen-bond acceptors (Lipinski definition) is 5.